The van der Waals surface area contributed by atoms with Gasteiger partial charge in [-0.3, -0.25) is 0 Å². The minimum absolute atomic E-state index is 0.514. The van der Waals surface area contributed by atoms with Gasteiger partial charge in [0.1, 0.15) is 16.9 Å². The summed E-state index contributed by atoms with van der Waals surface area (Å²) in [5.74, 6) is 3.67. The number of nitrogens with zero attached hydrogens (tertiary/aromatic N) is 7. The monoisotopic (exact) mass is 1460 g/mol. The van der Waals surface area contributed by atoms with Crippen LogP contribution in [-0.2, 0) is 0 Å². The Balaban J connectivity index is 0.000000104. The molecular weight excluding hydrogens is 1400 g/mol. The van der Waals surface area contributed by atoms with Crippen molar-refractivity contribution in [1.29, 1.82) is 0 Å². The molecule has 0 atom stereocenters. The lowest BCUT2D eigenvalue weighted by atomic mass is 9.93. The standard InChI is InChI=1S/C35H21N3O.C34H20N2O.C34H20N2S/c1-3-12-22(13-4-1)33-36-34(23-14-5-2-6-15-23)38-35(37-33)32-31-28-19-10-9-18-26(28)24-16-7-8-17-25(24)27-20-11-21-29(39-32)30(27)31;1-2-11-21(12-3-1)32-27-17-8-9-19-28(27)35-34(36-32)33-31-26-16-7-6-15-24(26)22-13-4-5-14-23(22)25-18-10-20-29(37-33)30(25)31;1-2-11-21(12-3-1)32-33(36-28-19-9-8-18-27(28)35-32)34-31-26-16-7-6-15-24(26)22-13-4-5-14-23(22)25-17-10-20-29(37-34)30(25)31/h1-21H;2*1-20H. The van der Waals surface area contributed by atoms with Crippen molar-refractivity contribution < 1.29 is 8.83 Å². The van der Waals surface area contributed by atoms with E-state index in [2.05, 4.69) is 237 Å². The zero-order chi connectivity index (χ0) is 74.5. The third-order valence-corrected chi connectivity index (χ3v) is 23.0. The average molecular weight is 1460 g/mol. The second kappa shape index (κ2) is 27.0. The van der Waals surface area contributed by atoms with Crippen LogP contribution in [0.5, 0.6) is 0 Å². The lowest BCUT2D eigenvalue weighted by molar-refractivity contribution is 0.625. The molecule has 113 heavy (non-hydrogen) atoms. The van der Waals surface area contributed by atoms with Crippen LogP contribution in [0.2, 0.25) is 0 Å². The van der Waals surface area contributed by atoms with E-state index >= 15 is 0 Å². The number of benzene rings is 15. The van der Waals surface area contributed by atoms with Gasteiger partial charge in [-0.15, -0.1) is 11.3 Å². The highest BCUT2D eigenvalue weighted by Gasteiger charge is 2.33. The van der Waals surface area contributed by atoms with Crippen LogP contribution in [0.25, 0.3) is 233 Å². The predicted octanol–water partition coefficient (Wildman–Crippen LogP) is 27.5. The number of thiophene rings is 1. The molecule has 15 aromatic carbocycles. The van der Waals surface area contributed by atoms with Gasteiger partial charge in [-0.05, 0) is 120 Å². The molecule has 0 saturated carbocycles. The summed E-state index contributed by atoms with van der Waals surface area (Å²) in [4.78, 5) is 36.7. The summed E-state index contributed by atoms with van der Waals surface area (Å²) in [5.41, 5.74) is 32.4. The van der Waals surface area contributed by atoms with Crippen molar-refractivity contribution in [2.24, 2.45) is 0 Å². The summed E-state index contributed by atoms with van der Waals surface area (Å²) in [6.45, 7) is 0. The van der Waals surface area contributed by atoms with Crippen LogP contribution in [0.1, 0.15) is 0 Å². The summed E-state index contributed by atoms with van der Waals surface area (Å²) >= 11 is 1.82. The fraction of sp³-hybridized carbons (Fsp3) is 0. The second-order valence-corrected chi connectivity index (χ2v) is 29.4. The number of fused-ring (bicyclic) bond motifs is 17. The smallest absolute Gasteiger partial charge is 0.200 e. The van der Waals surface area contributed by atoms with E-state index in [9.17, 15) is 0 Å². The van der Waals surface area contributed by atoms with Crippen LogP contribution in [0, 0.1) is 0 Å². The maximum absolute atomic E-state index is 6.65. The molecule has 6 heterocycles. The van der Waals surface area contributed by atoms with E-state index < -0.39 is 0 Å². The molecule has 21 aromatic rings. The first-order valence-corrected chi connectivity index (χ1v) is 38.7. The number of aromatic nitrogens is 7. The highest BCUT2D eigenvalue weighted by atomic mass is 32.1. The number of hydrogen-bond acceptors (Lipinski definition) is 10. The second-order valence-electron chi connectivity index (χ2n) is 28.3. The molecule has 0 aliphatic heterocycles. The summed E-state index contributed by atoms with van der Waals surface area (Å²) in [6, 6.07) is 128. The minimum Gasteiger partial charge on any atom is -0.452 e. The third kappa shape index (κ3) is 10.9. The first kappa shape index (κ1) is 65.1. The molecule has 526 valence electrons. The highest BCUT2D eigenvalue weighted by Crippen LogP contribution is 2.57. The average Bonchev–Trinajstić information content (AvgIpc) is 1.58. The maximum Gasteiger partial charge on any atom is 0.200 e. The van der Waals surface area contributed by atoms with Crippen LogP contribution in [0.3, 0.4) is 0 Å². The zero-order valence-electron chi connectivity index (χ0n) is 60.6. The van der Waals surface area contributed by atoms with Crippen molar-refractivity contribution in [2.45, 2.75) is 0 Å². The Morgan fingerprint density at radius 1 is 0.195 bits per heavy atom. The van der Waals surface area contributed by atoms with Crippen molar-refractivity contribution in [3.05, 3.63) is 370 Å². The summed E-state index contributed by atoms with van der Waals surface area (Å²) in [7, 11) is 0. The molecule has 10 heteroatoms. The molecule has 0 unspecified atom stereocenters. The SMILES string of the molecule is c1ccc(-c2nc(-c3ccccc3)nc(-c3oc4cccc5c4c3-c3ccccc3-c3ccccc3-5)n2)cc1.c1ccc(-c2nc(-c3oc4cccc5c4c3-c3ccccc3-c3ccccc3-5)nc3ccccc23)cc1.c1ccc(-c2nc3ccccc3nc2-c2sc3cccc4c3c2-c2ccccc2-c2ccccc2-4)cc1. The van der Waals surface area contributed by atoms with E-state index in [0.717, 1.165) is 117 Å². The molecule has 6 aromatic heterocycles. The Bertz CT molecular complexity index is 7320. The Hall–Kier alpha value is -15.0. The number of hydrogen-bond donors (Lipinski definition) is 0. The van der Waals surface area contributed by atoms with Gasteiger partial charge in [0.25, 0.3) is 0 Å². The van der Waals surface area contributed by atoms with Crippen molar-refractivity contribution >= 4 is 65.3 Å². The van der Waals surface area contributed by atoms with E-state index in [4.69, 9.17) is 43.7 Å². The molecule has 3 aliphatic rings. The van der Waals surface area contributed by atoms with Gasteiger partial charge in [-0.1, -0.05) is 334 Å². The van der Waals surface area contributed by atoms with Gasteiger partial charge in [0.05, 0.1) is 32.8 Å². The van der Waals surface area contributed by atoms with E-state index in [1.165, 1.54) is 81.7 Å². The zero-order valence-corrected chi connectivity index (χ0v) is 61.4. The van der Waals surface area contributed by atoms with E-state index in [1.54, 1.807) is 0 Å². The molecule has 3 aliphatic carbocycles. The Morgan fingerprint density at radius 3 is 0.973 bits per heavy atom. The number of furan rings is 2. The molecule has 0 fully saturated rings. The van der Waals surface area contributed by atoms with E-state index in [-0.39, 0.29) is 0 Å². The summed E-state index contributed by atoms with van der Waals surface area (Å²) in [5, 5.41) is 4.50. The first-order valence-electron chi connectivity index (χ1n) is 37.8. The predicted molar refractivity (Wildman–Crippen MR) is 461 cm³/mol. The Kier molecular flexibility index (Phi) is 15.6. The Labute approximate surface area is 653 Å². The van der Waals surface area contributed by atoms with Gasteiger partial charge in [-0.2, -0.15) is 0 Å². The van der Waals surface area contributed by atoms with E-state index in [1.807, 2.05) is 145 Å². The molecule has 0 spiro atoms. The quantitative estimate of drug-likeness (QED) is 0.154. The van der Waals surface area contributed by atoms with Gasteiger partial charge in [0, 0.05) is 65.2 Å². The topological polar surface area (TPSA) is 117 Å². The molecule has 0 N–H and O–H groups in total. The van der Waals surface area contributed by atoms with Gasteiger partial charge in [0.2, 0.25) is 5.82 Å². The fourth-order valence-electron chi connectivity index (χ4n) is 16.9. The first-order chi connectivity index (χ1) is 56.1. The number of rotatable bonds is 7. The third-order valence-electron chi connectivity index (χ3n) is 21.8. The number of para-hydroxylation sites is 3. The van der Waals surface area contributed by atoms with Crippen molar-refractivity contribution in [2.75, 3.05) is 0 Å². The maximum atomic E-state index is 6.65. The van der Waals surface area contributed by atoms with Gasteiger partial charge >= 0.3 is 0 Å². The summed E-state index contributed by atoms with van der Waals surface area (Å²) < 4.78 is 14.6. The van der Waals surface area contributed by atoms with Crippen LogP contribution in [0.15, 0.2) is 379 Å². The van der Waals surface area contributed by atoms with Crippen LogP contribution >= 0.6 is 11.3 Å². The molecule has 0 radical (unpaired) electrons. The molecule has 24 rings (SSSR count). The summed E-state index contributed by atoms with van der Waals surface area (Å²) in [6.07, 6.45) is 0. The largest absolute Gasteiger partial charge is 0.452 e. The van der Waals surface area contributed by atoms with Gasteiger partial charge in [-0.25, -0.2) is 34.9 Å². The molecular formula is C103H61N7O2S. The molecule has 0 bridgehead atoms. The van der Waals surface area contributed by atoms with Crippen molar-refractivity contribution in [1.82, 2.24) is 34.9 Å². The van der Waals surface area contributed by atoms with Gasteiger partial charge < -0.3 is 8.83 Å². The molecule has 9 nitrogen and oxygen atoms in total. The highest BCUT2D eigenvalue weighted by molar-refractivity contribution is 7.23. The lowest BCUT2D eigenvalue weighted by Gasteiger charge is -2.13. The minimum atomic E-state index is 0.514. The lowest BCUT2D eigenvalue weighted by Crippen LogP contribution is -2.00. The van der Waals surface area contributed by atoms with Gasteiger partial charge in [0.15, 0.2) is 29.0 Å². The molecule has 0 amide bonds. The Morgan fingerprint density at radius 2 is 0.513 bits per heavy atom. The van der Waals surface area contributed by atoms with Crippen LogP contribution in [0.4, 0.5) is 0 Å². The fourth-order valence-corrected chi connectivity index (χ4v) is 18.1. The van der Waals surface area contributed by atoms with Crippen molar-refractivity contribution in [3.8, 4) is 179 Å². The van der Waals surface area contributed by atoms with E-state index in [0.29, 0.717) is 34.8 Å². The normalized spacial score (nSPS) is 11.7. The molecule has 0 saturated heterocycles. The van der Waals surface area contributed by atoms with Crippen LogP contribution in [-0.4, -0.2) is 34.9 Å². The van der Waals surface area contributed by atoms with Crippen LogP contribution < -0.4 is 0 Å². The van der Waals surface area contributed by atoms with Crippen molar-refractivity contribution in [3.63, 3.8) is 0 Å².